The molecule has 114 valence electrons. The molecule has 0 fully saturated rings. The van der Waals surface area contributed by atoms with Gasteiger partial charge in [0, 0.05) is 16.3 Å². The smallest absolute Gasteiger partial charge is 0.144 e. The van der Waals surface area contributed by atoms with Gasteiger partial charge in [0.1, 0.15) is 21.6 Å². The predicted molar refractivity (Wildman–Crippen MR) is 93.7 cm³/mol. The lowest BCUT2D eigenvalue weighted by Gasteiger charge is -2.24. The second kappa shape index (κ2) is 6.21. The molecule has 0 aliphatic carbocycles. The molecule has 0 saturated carbocycles. The predicted octanol–water partition coefficient (Wildman–Crippen LogP) is 4.64. The van der Waals surface area contributed by atoms with Crippen molar-refractivity contribution in [3.05, 3.63) is 34.4 Å². The quantitative estimate of drug-likeness (QED) is 0.367. The molecule has 2 atom stereocenters. The van der Waals surface area contributed by atoms with E-state index in [1.54, 1.807) is 0 Å². The molecule has 1 aliphatic heterocycles. The van der Waals surface area contributed by atoms with Crippen molar-refractivity contribution in [1.29, 1.82) is 0 Å². The summed E-state index contributed by atoms with van der Waals surface area (Å²) in [4.78, 5) is 0. The van der Waals surface area contributed by atoms with Crippen LogP contribution in [0.1, 0.15) is 33.3 Å². The first-order valence-electron chi connectivity index (χ1n) is 6.58. The van der Waals surface area contributed by atoms with E-state index in [2.05, 4.69) is 9.71 Å². The average molecular weight is 345 g/mol. The van der Waals surface area contributed by atoms with Gasteiger partial charge in [-0.25, -0.2) is 0 Å². The van der Waals surface area contributed by atoms with Crippen molar-refractivity contribution in [1.82, 2.24) is 0 Å². The van der Waals surface area contributed by atoms with E-state index in [9.17, 15) is 4.55 Å². The number of nitrogens with zero attached hydrogens (tertiary/aromatic N) is 1. The number of hydrogen-bond acceptors (Lipinski definition) is 3. The summed E-state index contributed by atoms with van der Waals surface area (Å²) in [5.41, 5.74) is 2.95. The maximum absolute atomic E-state index is 12.1. The summed E-state index contributed by atoms with van der Waals surface area (Å²) in [7, 11) is 0. The highest BCUT2D eigenvalue weighted by atomic mass is 35.5. The molecular weight excluding hydrogens is 327 g/mol. The lowest BCUT2D eigenvalue weighted by atomic mass is 10.0. The van der Waals surface area contributed by atoms with Gasteiger partial charge in [0.05, 0.1) is 5.71 Å². The Morgan fingerprint density at radius 3 is 2.67 bits per heavy atom. The van der Waals surface area contributed by atoms with E-state index in [1.807, 2.05) is 52.0 Å². The van der Waals surface area contributed by atoms with Crippen LogP contribution in [0.25, 0.3) is 6.08 Å². The summed E-state index contributed by atoms with van der Waals surface area (Å²) in [5, 5.41) is 3.85. The maximum atomic E-state index is 12.1. The highest BCUT2D eigenvalue weighted by Crippen LogP contribution is 2.32. The monoisotopic (exact) mass is 344 g/mol. The van der Waals surface area contributed by atoms with E-state index in [1.165, 1.54) is 0 Å². The zero-order chi connectivity index (χ0) is 15.8. The van der Waals surface area contributed by atoms with Crippen LogP contribution in [0.2, 0.25) is 5.02 Å². The van der Waals surface area contributed by atoms with Gasteiger partial charge in [-0.2, -0.15) is 0 Å². The lowest BCUT2D eigenvalue weighted by molar-refractivity contribution is 0.561. The van der Waals surface area contributed by atoms with Crippen LogP contribution >= 0.6 is 23.2 Å². The molecule has 0 amide bonds. The zero-order valence-electron chi connectivity index (χ0n) is 12.4. The first-order chi connectivity index (χ1) is 9.68. The van der Waals surface area contributed by atoms with Crippen LogP contribution in [-0.4, -0.2) is 20.5 Å². The summed E-state index contributed by atoms with van der Waals surface area (Å²) in [6.45, 7) is 7.49. The van der Waals surface area contributed by atoms with Crippen molar-refractivity contribution in [2.75, 3.05) is 5.32 Å². The highest BCUT2D eigenvalue weighted by molar-refractivity contribution is 7.91. The molecule has 1 aromatic carbocycles. The lowest BCUT2D eigenvalue weighted by Crippen LogP contribution is -2.29. The first kappa shape index (κ1) is 16.7. The van der Waals surface area contributed by atoms with Crippen LogP contribution < -0.4 is 5.32 Å². The number of halogens is 2. The second-order valence-electron chi connectivity index (χ2n) is 5.88. The molecule has 2 rings (SSSR count). The Morgan fingerprint density at radius 2 is 2.05 bits per heavy atom. The minimum atomic E-state index is -1.31. The van der Waals surface area contributed by atoms with Crippen LogP contribution in [0.4, 0.5) is 5.69 Å². The van der Waals surface area contributed by atoms with Gasteiger partial charge < -0.3 is 9.87 Å². The largest absolute Gasteiger partial charge is 0.591 e. The number of hydrogen-bond donors (Lipinski definition) is 1. The van der Waals surface area contributed by atoms with Gasteiger partial charge >= 0.3 is 0 Å². The topological polar surface area (TPSA) is 47.5 Å². The molecule has 2 unspecified atom stereocenters. The Hall–Kier alpha value is -0.680. The molecule has 21 heavy (non-hydrogen) atoms. The van der Waals surface area contributed by atoms with Crippen LogP contribution in [-0.2, 0) is 11.4 Å². The van der Waals surface area contributed by atoms with Gasteiger partial charge in [0.25, 0.3) is 0 Å². The summed E-state index contributed by atoms with van der Waals surface area (Å²) < 4.78 is 16.0. The normalized spacial score (nSPS) is 20.4. The second-order valence-corrected chi connectivity index (χ2v) is 8.65. The van der Waals surface area contributed by atoms with Crippen molar-refractivity contribution in [2.45, 2.75) is 37.9 Å². The first-order valence-corrected chi connectivity index (χ1v) is 8.50. The Morgan fingerprint density at radius 1 is 1.38 bits per heavy atom. The van der Waals surface area contributed by atoms with Crippen molar-refractivity contribution in [3.63, 3.8) is 0 Å². The summed E-state index contributed by atoms with van der Waals surface area (Å²) in [6.07, 6.45) is 1.94. The third-order valence-corrected chi connectivity index (χ3v) is 5.11. The van der Waals surface area contributed by atoms with E-state index in [0.717, 1.165) is 16.8 Å². The molecule has 0 radical (unpaired) electrons. The number of fused-ring (bicyclic) bond motifs is 1. The summed E-state index contributed by atoms with van der Waals surface area (Å²) >= 11 is 11.1. The third-order valence-electron chi connectivity index (χ3n) is 3.04. The highest BCUT2D eigenvalue weighted by Gasteiger charge is 2.28. The Labute approximate surface area is 138 Å². The van der Waals surface area contributed by atoms with Crippen LogP contribution in [0.5, 0.6) is 0 Å². The summed E-state index contributed by atoms with van der Waals surface area (Å²) in [5.74, 6) is 0. The SMILES string of the molecule is CC(=N[S+]([O-])C(C)(C)C)C1=Cc2cc(Cl)ccc2NC1Cl. The number of nitrogens with one attached hydrogen (secondary N) is 1. The van der Waals surface area contributed by atoms with Gasteiger partial charge in [-0.15, -0.1) is 0 Å². The molecular formula is C15H18Cl2N2OS. The van der Waals surface area contributed by atoms with Crippen molar-refractivity contribution in [3.8, 4) is 0 Å². The maximum Gasteiger partial charge on any atom is 0.144 e. The fourth-order valence-electron chi connectivity index (χ4n) is 1.84. The van der Waals surface area contributed by atoms with Crippen molar-refractivity contribution in [2.24, 2.45) is 4.40 Å². The minimum Gasteiger partial charge on any atom is -0.591 e. The Kier molecular flexibility index (Phi) is 4.93. The van der Waals surface area contributed by atoms with Crippen LogP contribution in [0.15, 0.2) is 28.2 Å². The standard InChI is InChI=1S/C15H18Cl2N2OS/c1-9(19-21(20)15(2,3)4)12-8-10-7-11(16)5-6-13(10)18-14(12)17/h5-8,14,18H,1-4H3. The van der Waals surface area contributed by atoms with Gasteiger partial charge in [-0.05, 0) is 57.5 Å². The molecule has 1 N–H and O–H groups in total. The van der Waals surface area contributed by atoms with Gasteiger partial charge in [-0.1, -0.05) is 27.6 Å². The minimum absolute atomic E-state index is 0.396. The fourth-order valence-corrected chi connectivity index (χ4v) is 2.99. The van der Waals surface area contributed by atoms with Crippen LogP contribution in [0.3, 0.4) is 0 Å². The number of alkyl halides is 1. The molecule has 3 nitrogen and oxygen atoms in total. The molecule has 1 aliphatic rings. The van der Waals surface area contributed by atoms with E-state index < -0.39 is 21.6 Å². The molecule has 6 heteroatoms. The van der Waals surface area contributed by atoms with Gasteiger partial charge in [0.2, 0.25) is 0 Å². The summed E-state index contributed by atoms with van der Waals surface area (Å²) in [6, 6.07) is 5.56. The van der Waals surface area contributed by atoms with E-state index in [-0.39, 0.29) is 0 Å². The molecule has 1 heterocycles. The number of benzene rings is 1. The Bertz CT molecular complexity index is 608. The zero-order valence-corrected chi connectivity index (χ0v) is 14.7. The molecule has 0 spiro atoms. The molecule has 0 saturated heterocycles. The van der Waals surface area contributed by atoms with Crippen molar-refractivity contribution < 1.29 is 4.55 Å². The number of anilines is 1. The molecule has 0 aromatic heterocycles. The molecule has 0 bridgehead atoms. The average Bonchev–Trinajstić information content (AvgIpc) is 2.37. The van der Waals surface area contributed by atoms with Gasteiger partial charge in [-0.3, -0.25) is 0 Å². The van der Waals surface area contributed by atoms with E-state index in [4.69, 9.17) is 23.2 Å². The van der Waals surface area contributed by atoms with Crippen molar-refractivity contribution >= 4 is 52.0 Å². The van der Waals surface area contributed by atoms with E-state index in [0.29, 0.717) is 10.7 Å². The fraction of sp³-hybridized carbons (Fsp3) is 0.400. The molecule has 1 aromatic rings. The van der Waals surface area contributed by atoms with E-state index >= 15 is 0 Å². The third kappa shape index (κ3) is 3.95. The van der Waals surface area contributed by atoms with Gasteiger partial charge in [0.15, 0.2) is 0 Å². The Balaban J connectivity index is 2.37. The van der Waals surface area contributed by atoms with Crippen LogP contribution in [0, 0.1) is 0 Å². The number of rotatable bonds is 2.